The topological polar surface area (TPSA) is 83.9 Å². The van der Waals surface area contributed by atoms with Crippen LogP contribution >= 0.6 is 11.6 Å². The smallest absolute Gasteiger partial charge is 0.229 e. The molecule has 0 saturated carbocycles. The van der Waals surface area contributed by atoms with Crippen molar-refractivity contribution in [2.45, 2.75) is 38.1 Å². The van der Waals surface area contributed by atoms with Gasteiger partial charge in [0, 0.05) is 10.7 Å². The number of sulfone groups is 1. The Balaban J connectivity index is 2.54. The zero-order chi connectivity index (χ0) is 17.4. The summed E-state index contributed by atoms with van der Waals surface area (Å²) in [4.78, 5) is 0.0410. The number of hydrazone groups is 1. The fraction of sp³-hybridized carbons (Fsp3) is 0.500. The molecule has 128 valence electrons. The first-order valence-electron chi connectivity index (χ1n) is 7.06. The van der Waals surface area contributed by atoms with E-state index in [1.54, 1.807) is 32.9 Å². The lowest BCUT2D eigenvalue weighted by Gasteiger charge is -2.25. The number of aryl methyl sites for hydroxylation is 1. The van der Waals surface area contributed by atoms with E-state index in [1.165, 1.54) is 6.07 Å². The minimum absolute atomic E-state index is 0.0313. The third-order valence-corrected chi connectivity index (χ3v) is 7.35. The van der Waals surface area contributed by atoms with Crippen LogP contribution in [0.15, 0.2) is 28.2 Å². The first-order valence-corrected chi connectivity index (χ1v) is 10.7. The number of hydrogen-bond donors (Lipinski definition) is 0. The minimum Gasteiger partial charge on any atom is -0.229 e. The van der Waals surface area contributed by atoms with Crippen molar-refractivity contribution in [1.82, 2.24) is 4.41 Å². The molecule has 1 atom stereocenters. The van der Waals surface area contributed by atoms with Gasteiger partial charge < -0.3 is 0 Å². The van der Waals surface area contributed by atoms with E-state index in [1.807, 2.05) is 0 Å². The van der Waals surface area contributed by atoms with Crippen LogP contribution in [0.3, 0.4) is 0 Å². The zero-order valence-corrected chi connectivity index (χ0v) is 15.5. The lowest BCUT2D eigenvalue weighted by atomic mass is 10.2. The van der Waals surface area contributed by atoms with Crippen molar-refractivity contribution in [3.8, 4) is 0 Å². The highest BCUT2D eigenvalue weighted by Crippen LogP contribution is 2.29. The van der Waals surface area contributed by atoms with Crippen LogP contribution < -0.4 is 0 Å². The number of nitrogens with zero attached hydrogens (tertiary/aromatic N) is 2. The van der Waals surface area contributed by atoms with Gasteiger partial charge in [0.15, 0.2) is 9.84 Å². The van der Waals surface area contributed by atoms with Crippen molar-refractivity contribution < 1.29 is 16.8 Å². The average Bonchev–Trinajstić information content (AvgIpc) is 2.78. The molecule has 0 amide bonds. The molecule has 0 aliphatic carbocycles. The number of hydrogen-bond acceptors (Lipinski definition) is 5. The van der Waals surface area contributed by atoms with Gasteiger partial charge in [-0.1, -0.05) is 17.7 Å². The monoisotopic (exact) mass is 378 g/mol. The maximum atomic E-state index is 13.0. The summed E-state index contributed by atoms with van der Waals surface area (Å²) in [6.07, 6.45) is 0.234. The predicted molar refractivity (Wildman–Crippen MR) is 91.1 cm³/mol. The molecule has 2 rings (SSSR count). The second-order valence-electron chi connectivity index (χ2n) is 5.79. The number of sulfonamides is 1. The Kier molecular flexibility index (Phi) is 5.08. The van der Waals surface area contributed by atoms with Crippen LogP contribution in [-0.4, -0.2) is 44.5 Å². The fourth-order valence-electron chi connectivity index (χ4n) is 2.43. The second kappa shape index (κ2) is 6.41. The van der Waals surface area contributed by atoms with Crippen molar-refractivity contribution in [2.24, 2.45) is 5.10 Å². The summed E-state index contributed by atoms with van der Waals surface area (Å²) in [5.41, 5.74) is 1.06. The molecule has 6 nitrogen and oxygen atoms in total. The highest BCUT2D eigenvalue weighted by molar-refractivity contribution is 7.92. The SMILES string of the molecule is CC(C)=NN([C@H]1CCS(=O)(=O)C1)S(=O)(=O)c1cc(Cl)ccc1C. The van der Waals surface area contributed by atoms with Gasteiger partial charge in [-0.3, -0.25) is 0 Å². The molecule has 1 fully saturated rings. The Morgan fingerprint density at radius 2 is 2.00 bits per heavy atom. The minimum atomic E-state index is -3.99. The van der Waals surface area contributed by atoms with Gasteiger partial charge in [-0.25, -0.2) is 8.42 Å². The standard InChI is InChI=1S/C14H19ClN2O4S2/c1-10(2)16-17(13-6-7-22(18,19)9-13)23(20,21)14-8-12(15)5-4-11(14)3/h4-5,8,13H,6-7,9H2,1-3H3/t13-/m0/s1. The number of halogens is 1. The van der Waals surface area contributed by atoms with E-state index in [0.717, 1.165) is 4.41 Å². The summed E-state index contributed by atoms with van der Waals surface area (Å²) in [7, 11) is -7.22. The van der Waals surface area contributed by atoms with Gasteiger partial charge in [0.25, 0.3) is 10.0 Å². The second-order valence-corrected chi connectivity index (χ2v) is 10.2. The van der Waals surface area contributed by atoms with Crippen molar-refractivity contribution in [3.05, 3.63) is 28.8 Å². The van der Waals surface area contributed by atoms with Crippen LogP contribution in [0, 0.1) is 6.92 Å². The molecule has 0 aromatic heterocycles. The lowest BCUT2D eigenvalue weighted by molar-refractivity contribution is 0.354. The maximum absolute atomic E-state index is 13.0. The molecule has 0 unspecified atom stereocenters. The normalized spacial score (nSPS) is 20.3. The first kappa shape index (κ1) is 18.2. The van der Waals surface area contributed by atoms with Crippen molar-refractivity contribution in [3.63, 3.8) is 0 Å². The van der Waals surface area contributed by atoms with E-state index in [0.29, 0.717) is 16.3 Å². The van der Waals surface area contributed by atoms with Crippen molar-refractivity contribution >= 4 is 37.2 Å². The molecular weight excluding hydrogens is 360 g/mol. The quantitative estimate of drug-likeness (QED) is 0.594. The van der Waals surface area contributed by atoms with Crippen LogP contribution in [0.4, 0.5) is 0 Å². The molecule has 1 aliphatic heterocycles. The summed E-state index contributed by atoms with van der Waals surface area (Å²) in [5, 5.41) is 4.39. The molecule has 9 heteroatoms. The van der Waals surface area contributed by atoms with Crippen LogP contribution in [0.2, 0.25) is 5.02 Å². The Morgan fingerprint density at radius 3 is 2.52 bits per heavy atom. The Morgan fingerprint density at radius 1 is 1.35 bits per heavy atom. The predicted octanol–water partition coefficient (Wildman–Crippen LogP) is 2.22. The van der Waals surface area contributed by atoms with Gasteiger partial charge in [0.1, 0.15) is 0 Å². The van der Waals surface area contributed by atoms with Gasteiger partial charge in [-0.15, -0.1) is 0 Å². The van der Waals surface area contributed by atoms with Crippen LogP contribution in [-0.2, 0) is 19.9 Å². The molecule has 1 aliphatic rings. The van der Waals surface area contributed by atoms with Crippen molar-refractivity contribution in [1.29, 1.82) is 0 Å². The molecular formula is C14H19ClN2O4S2. The molecule has 1 heterocycles. The number of rotatable bonds is 4. The van der Waals surface area contributed by atoms with Gasteiger partial charge in [-0.05, 0) is 44.9 Å². The third-order valence-electron chi connectivity index (χ3n) is 3.49. The molecule has 1 saturated heterocycles. The van der Waals surface area contributed by atoms with Crippen LogP contribution in [0.25, 0.3) is 0 Å². The molecule has 0 radical (unpaired) electrons. The van der Waals surface area contributed by atoms with Crippen LogP contribution in [0.1, 0.15) is 25.8 Å². The zero-order valence-electron chi connectivity index (χ0n) is 13.2. The van der Waals surface area contributed by atoms with E-state index in [2.05, 4.69) is 5.10 Å². The summed E-state index contributed by atoms with van der Waals surface area (Å²) in [5.74, 6) is -0.251. The van der Waals surface area contributed by atoms with E-state index in [9.17, 15) is 16.8 Å². The molecule has 1 aromatic carbocycles. The molecule has 0 N–H and O–H groups in total. The summed E-state index contributed by atoms with van der Waals surface area (Å²) >= 11 is 5.92. The van der Waals surface area contributed by atoms with E-state index in [-0.39, 0.29) is 22.8 Å². The largest absolute Gasteiger partial charge is 0.279 e. The van der Waals surface area contributed by atoms with Gasteiger partial charge in [0.2, 0.25) is 0 Å². The summed E-state index contributed by atoms with van der Waals surface area (Å²) in [6, 6.07) is 3.89. The first-order chi connectivity index (χ1) is 10.5. The van der Waals surface area contributed by atoms with Gasteiger partial charge >= 0.3 is 0 Å². The van der Waals surface area contributed by atoms with Gasteiger partial charge in [-0.2, -0.15) is 17.9 Å². The van der Waals surface area contributed by atoms with E-state index >= 15 is 0 Å². The number of benzene rings is 1. The Hall–Kier alpha value is -1.12. The Bertz CT molecular complexity index is 844. The molecule has 0 bridgehead atoms. The highest BCUT2D eigenvalue weighted by atomic mass is 35.5. The lowest BCUT2D eigenvalue weighted by Crippen LogP contribution is -2.38. The summed E-state index contributed by atoms with van der Waals surface area (Å²) in [6.45, 7) is 4.99. The maximum Gasteiger partial charge on any atom is 0.279 e. The average molecular weight is 379 g/mol. The Labute approximate surface area is 142 Å². The molecule has 23 heavy (non-hydrogen) atoms. The van der Waals surface area contributed by atoms with E-state index in [4.69, 9.17) is 11.6 Å². The fourth-order valence-corrected chi connectivity index (χ4v) is 6.25. The van der Waals surface area contributed by atoms with Crippen molar-refractivity contribution in [2.75, 3.05) is 11.5 Å². The molecule has 0 spiro atoms. The highest BCUT2D eigenvalue weighted by Gasteiger charge is 2.39. The molecule has 1 aromatic rings. The van der Waals surface area contributed by atoms with E-state index < -0.39 is 25.9 Å². The van der Waals surface area contributed by atoms with Gasteiger partial charge in [0.05, 0.1) is 22.4 Å². The third kappa shape index (κ3) is 4.05. The van der Waals surface area contributed by atoms with Crippen LogP contribution in [0.5, 0.6) is 0 Å². The summed E-state index contributed by atoms with van der Waals surface area (Å²) < 4.78 is 50.4.